The van der Waals surface area contributed by atoms with Gasteiger partial charge in [0.1, 0.15) is 23.4 Å². The van der Waals surface area contributed by atoms with E-state index in [4.69, 9.17) is 18.9 Å². The maximum Gasteiger partial charge on any atom is 0.312 e. The number of phenolic OH excluding ortho intramolecular Hbond substituents is 3. The summed E-state index contributed by atoms with van der Waals surface area (Å²) in [6, 6.07) is 0. The molecule has 0 fully saturated rings. The van der Waals surface area contributed by atoms with Gasteiger partial charge < -0.3 is 60.3 Å². The molecule has 0 saturated carbocycles. The number of nitrogens with one attached hydrogen (secondary N) is 2. The van der Waals surface area contributed by atoms with Crippen LogP contribution < -0.4 is 15.5 Å². The molecular formula is C40H53N3O13. The summed E-state index contributed by atoms with van der Waals surface area (Å²) < 4.78 is 23.4. The maximum absolute atomic E-state index is 14.3. The first-order valence-corrected chi connectivity index (χ1v) is 18.3. The second-order valence-corrected chi connectivity index (χ2v) is 14.5. The molecule has 3 aliphatic rings. The van der Waals surface area contributed by atoms with Gasteiger partial charge in [-0.15, -0.1) is 0 Å². The molecule has 306 valence electrons. The van der Waals surface area contributed by atoms with E-state index >= 15 is 0 Å². The van der Waals surface area contributed by atoms with Crippen LogP contribution in [0.25, 0.3) is 10.8 Å². The fourth-order valence-corrected chi connectivity index (χ4v) is 7.10. The second kappa shape index (κ2) is 17.7. The molecule has 8 N–H and O–H groups in total. The molecule has 16 heteroatoms. The molecule has 3 aliphatic heterocycles. The number of methoxy groups -OCH3 is 1. The Balaban J connectivity index is 1.97. The number of benzene rings is 2. The average molecular weight is 784 g/mol. The van der Waals surface area contributed by atoms with Crippen LogP contribution in [0, 0.1) is 30.6 Å². The van der Waals surface area contributed by atoms with E-state index in [0.29, 0.717) is 0 Å². The van der Waals surface area contributed by atoms with Crippen LogP contribution in [0.1, 0.15) is 70.0 Å². The van der Waals surface area contributed by atoms with Crippen molar-refractivity contribution in [3.8, 4) is 23.0 Å². The lowest BCUT2D eigenvalue weighted by molar-refractivity contribution is -0.160. The number of phenols is 3. The fraction of sp³-hybridized carbons (Fsp3) is 0.500. The number of hydrazone groups is 1. The number of amides is 1. The first-order chi connectivity index (χ1) is 26.3. The Morgan fingerprint density at radius 2 is 1.68 bits per heavy atom. The molecule has 0 radical (unpaired) electrons. The van der Waals surface area contributed by atoms with Crippen molar-refractivity contribution in [1.29, 1.82) is 0 Å². The first kappa shape index (κ1) is 43.6. The number of nitrogens with zero attached hydrogens (tertiary/aromatic N) is 1. The highest BCUT2D eigenvalue weighted by Crippen LogP contribution is 2.55. The van der Waals surface area contributed by atoms with Gasteiger partial charge in [-0.3, -0.25) is 14.4 Å². The van der Waals surface area contributed by atoms with Crippen molar-refractivity contribution in [1.82, 2.24) is 5.43 Å². The van der Waals surface area contributed by atoms with Crippen LogP contribution in [0.5, 0.6) is 23.0 Å². The van der Waals surface area contributed by atoms with Gasteiger partial charge in [0.05, 0.1) is 66.1 Å². The zero-order chi connectivity index (χ0) is 41.8. The molecule has 2 aromatic rings. The van der Waals surface area contributed by atoms with E-state index in [1.807, 2.05) is 0 Å². The number of anilines is 1. The minimum absolute atomic E-state index is 0.0209. The van der Waals surface area contributed by atoms with Crippen LogP contribution >= 0.6 is 0 Å². The molecule has 0 saturated heterocycles. The number of ketones is 1. The molecule has 5 rings (SSSR count). The standard InChI is InChI=1S/C40H53N3O13/c1-18-11-10-12-19(2)39(52)43-30-25(17-42-41-14-15-44)34(49)27-28(35(30)50)33(48)23(6)37-29(27)38(51)40(8,56-37)54-16-13-26(53-9)20(3)36(55-24(7)45)22(5)32(47)21(4)31(18)46/h10-13,16-18,20-22,26,31-32,36,41,44,46-50H,14-15H2,1-9H3,(H,43,52)/b11-10?,16-13?,19-12?,42-17+. The third-order valence-electron chi connectivity index (χ3n) is 10.5. The summed E-state index contributed by atoms with van der Waals surface area (Å²) in [4.78, 5) is 40.1. The molecule has 9 atom stereocenters. The van der Waals surface area contributed by atoms with E-state index in [1.165, 1.54) is 53.2 Å². The summed E-state index contributed by atoms with van der Waals surface area (Å²) in [7, 11) is 1.42. The topological polar surface area (TPSA) is 246 Å². The quantitative estimate of drug-likeness (QED) is 0.0521. The first-order valence-electron chi connectivity index (χ1n) is 18.3. The lowest BCUT2D eigenvalue weighted by Gasteiger charge is -2.38. The zero-order valence-electron chi connectivity index (χ0n) is 33.0. The zero-order valence-corrected chi connectivity index (χ0v) is 33.0. The summed E-state index contributed by atoms with van der Waals surface area (Å²) in [5.41, 5.74) is 1.87. The number of hydrogen-bond donors (Lipinski definition) is 8. The molecular weight excluding hydrogens is 730 g/mol. The Bertz CT molecular complexity index is 1960. The number of Topliss-reactive ketones (excluding diaryl/α,β-unsaturated/α-hetero) is 1. The number of carbonyl (C=O) groups is 3. The number of aliphatic hydroxyl groups excluding tert-OH is 3. The van der Waals surface area contributed by atoms with Gasteiger partial charge in [0.15, 0.2) is 5.75 Å². The van der Waals surface area contributed by atoms with Crippen molar-refractivity contribution in [2.75, 3.05) is 25.6 Å². The highest BCUT2D eigenvalue weighted by molar-refractivity contribution is 6.23. The summed E-state index contributed by atoms with van der Waals surface area (Å²) >= 11 is 0. The van der Waals surface area contributed by atoms with E-state index in [-0.39, 0.29) is 57.6 Å². The van der Waals surface area contributed by atoms with Gasteiger partial charge in [0.2, 0.25) is 0 Å². The van der Waals surface area contributed by atoms with Gasteiger partial charge in [-0.2, -0.15) is 5.10 Å². The Morgan fingerprint density at radius 1 is 1.00 bits per heavy atom. The number of esters is 1. The Kier molecular flexibility index (Phi) is 13.8. The van der Waals surface area contributed by atoms with Gasteiger partial charge in [-0.1, -0.05) is 45.9 Å². The lowest BCUT2D eigenvalue weighted by Crippen LogP contribution is -2.46. The number of carbonyl (C=O) groups excluding carboxylic acids is 3. The van der Waals surface area contributed by atoms with Gasteiger partial charge in [-0.05, 0) is 19.9 Å². The number of rotatable bonds is 6. The van der Waals surface area contributed by atoms with Crippen molar-refractivity contribution < 1.29 is 64.0 Å². The minimum atomic E-state index is -2.07. The molecule has 2 aromatic carbocycles. The summed E-state index contributed by atoms with van der Waals surface area (Å²) in [5.74, 6) is -8.76. The molecule has 9 unspecified atom stereocenters. The van der Waals surface area contributed by atoms with E-state index in [1.54, 1.807) is 39.8 Å². The molecule has 56 heavy (non-hydrogen) atoms. The lowest BCUT2D eigenvalue weighted by atomic mass is 9.78. The van der Waals surface area contributed by atoms with Crippen LogP contribution in [0.15, 0.2) is 41.2 Å². The Labute approximate surface area is 325 Å². The van der Waals surface area contributed by atoms with E-state index in [2.05, 4.69) is 15.8 Å². The maximum atomic E-state index is 14.3. The number of hydrogen-bond acceptors (Lipinski definition) is 15. The molecule has 5 bridgehead atoms. The Morgan fingerprint density at radius 3 is 2.30 bits per heavy atom. The molecule has 16 nitrogen and oxygen atoms in total. The SMILES string of the molecule is COC1C=COC2(C)Oc3c(C)c(O)c4c(O)c(c(/C=N/NCCO)c(O)c4c3C2=O)NC(=O)C(C)=CC=CC(C)C(O)C(C)C(O)C(C)C(OC(C)=O)C1C. The largest absolute Gasteiger partial charge is 0.507 e. The number of fused-ring (bicyclic) bond motifs is 14. The molecule has 0 spiro atoms. The highest BCUT2D eigenvalue weighted by atomic mass is 16.7. The third-order valence-corrected chi connectivity index (χ3v) is 10.5. The summed E-state index contributed by atoms with van der Waals surface area (Å²) in [6.07, 6.45) is 4.42. The normalized spacial score (nSPS) is 29.0. The number of aliphatic hydroxyl groups is 3. The van der Waals surface area contributed by atoms with E-state index in [9.17, 15) is 45.0 Å². The van der Waals surface area contributed by atoms with Crippen LogP contribution in [-0.2, 0) is 23.8 Å². The van der Waals surface area contributed by atoms with Gasteiger partial charge in [-0.25, -0.2) is 0 Å². The molecule has 0 aromatic heterocycles. The third kappa shape index (κ3) is 8.48. The number of ether oxygens (including phenoxy) is 4. The fourth-order valence-electron chi connectivity index (χ4n) is 7.10. The van der Waals surface area contributed by atoms with Crippen LogP contribution in [-0.4, -0.2) is 105 Å². The van der Waals surface area contributed by atoms with Crippen LogP contribution in [0.3, 0.4) is 0 Å². The van der Waals surface area contributed by atoms with Crippen molar-refractivity contribution >= 4 is 40.3 Å². The predicted molar refractivity (Wildman–Crippen MR) is 206 cm³/mol. The van der Waals surface area contributed by atoms with Crippen molar-refractivity contribution in [3.05, 3.63) is 52.8 Å². The van der Waals surface area contributed by atoms with Crippen LogP contribution in [0.4, 0.5) is 5.69 Å². The molecule has 1 amide bonds. The highest BCUT2D eigenvalue weighted by Gasteiger charge is 2.50. The Hall–Kier alpha value is -5.16. The van der Waals surface area contributed by atoms with E-state index < -0.39 is 88.8 Å². The van der Waals surface area contributed by atoms with Crippen molar-refractivity contribution in [2.24, 2.45) is 28.8 Å². The monoisotopic (exact) mass is 783 g/mol. The van der Waals surface area contributed by atoms with Gasteiger partial charge in [0.25, 0.3) is 11.7 Å². The number of allylic oxidation sites excluding steroid dienone is 2. The van der Waals surface area contributed by atoms with Gasteiger partial charge >= 0.3 is 11.8 Å². The van der Waals surface area contributed by atoms with Gasteiger partial charge in [0, 0.05) is 61.2 Å². The van der Waals surface area contributed by atoms with Crippen LogP contribution in [0.2, 0.25) is 0 Å². The van der Waals surface area contributed by atoms with Crippen molar-refractivity contribution in [2.45, 2.75) is 85.6 Å². The minimum Gasteiger partial charge on any atom is -0.507 e. The second-order valence-electron chi connectivity index (χ2n) is 14.5. The molecule has 0 aliphatic carbocycles. The number of aromatic hydroxyl groups is 3. The molecule has 3 heterocycles. The summed E-state index contributed by atoms with van der Waals surface area (Å²) in [6.45, 7) is 12.1. The van der Waals surface area contributed by atoms with E-state index in [0.717, 1.165) is 6.21 Å². The van der Waals surface area contributed by atoms with Crippen molar-refractivity contribution in [3.63, 3.8) is 0 Å². The average Bonchev–Trinajstić information content (AvgIpc) is 3.42. The smallest absolute Gasteiger partial charge is 0.312 e. The summed E-state index contributed by atoms with van der Waals surface area (Å²) in [5, 5.41) is 72.8. The predicted octanol–water partition coefficient (Wildman–Crippen LogP) is 3.67.